The average Bonchev–Trinajstić information content (AvgIpc) is 2.69. The summed E-state index contributed by atoms with van der Waals surface area (Å²) in [6.07, 6.45) is 3.58. The predicted molar refractivity (Wildman–Crippen MR) is 110 cm³/mol. The summed E-state index contributed by atoms with van der Waals surface area (Å²) >= 11 is 3.41. The summed E-state index contributed by atoms with van der Waals surface area (Å²) in [7, 11) is 0. The number of hydrogen-bond donors (Lipinski definition) is 0. The number of para-hydroxylation sites is 1. The quantitative estimate of drug-likeness (QED) is 0.441. The molecule has 1 heterocycles. The third kappa shape index (κ3) is 3.59. The van der Waals surface area contributed by atoms with Crippen molar-refractivity contribution in [1.82, 2.24) is 9.55 Å². The van der Waals surface area contributed by atoms with E-state index in [1.165, 1.54) is 12.1 Å². The maximum absolute atomic E-state index is 13.1. The fraction of sp³-hybridized carbons (Fsp3) is 0. The zero-order valence-corrected chi connectivity index (χ0v) is 15.7. The summed E-state index contributed by atoms with van der Waals surface area (Å²) in [5.41, 5.74) is 2.04. The van der Waals surface area contributed by atoms with Crippen molar-refractivity contribution < 1.29 is 4.39 Å². The molecule has 5 heteroatoms. The van der Waals surface area contributed by atoms with Crippen molar-refractivity contribution in [1.29, 1.82) is 0 Å². The van der Waals surface area contributed by atoms with E-state index < -0.39 is 0 Å². The Balaban J connectivity index is 1.92. The third-order valence-corrected chi connectivity index (χ3v) is 4.71. The van der Waals surface area contributed by atoms with Crippen LogP contribution < -0.4 is 5.56 Å². The Morgan fingerprint density at radius 1 is 0.889 bits per heavy atom. The molecular weight excluding hydrogens is 407 g/mol. The number of halogens is 2. The number of aromatic nitrogens is 2. The van der Waals surface area contributed by atoms with E-state index in [1.54, 1.807) is 28.8 Å². The van der Waals surface area contributed by atoms with E-state index >= 15 is 0 Å². The highest BCUT2D eigenvalue weighted by Crippen LogP contribution is 2.18. The van der Waals surface area contributed by atoms with Crippen molar-refractivity contribution in [2.24, 2.45) is 0 Å². The molecule has 3 nitrogen and oxygen atoms in total. The van der Waals surface area contributed by atoms with Gasteiger partial charge in [0, 0.05) is 4.47 Å². The Kier molecular flexibility index (Phi) is 4.69. The van der Waals surface area contributed by atoms with Crippen LogP contribution in [0.4, 0.5) is 4.39 Å². The minimum absolute atomic E-state index is 0.137. The summed E-state index contributed by atoms with van der Waals surface area (Å²) in [6.45, 7) is 0. The maximum Gasteiger partial charge on any atom is 0.266 e. The zero-order chi connectivity index (χ0) is 18.8. The first-order valence-electron chi connectivity index (χ1n) is 8.33. The highest BCUT2D eigenvalue weighted by Gasteiger charge is 2.10. The SMILES string of the molecule is O=c1c2ccccc2nc(/C=C\c2ccc(F)cc2)n1-c1ccc(Br)cc1. The maximum atomic E-state index is 13.1. The van der Waals surface area contributed by atoms with Gasteiger partial charge in [0.1, 0.15) is 11.6 Å². The summed E-state index contributed by atoms with van der Waals surface area (Å²) in [5.74, 6) is 0.216. The molecule has 0 amide bonds. The number of fused-ring (bicyclic) bond motifs is 1. The second kappa shape index (κ2) is 7.29. The van der Waals surface area contributed by atoms with Crippen LogP contribution in [0.2, 0.25) is 0 Å². The molecule has 132 valence electrons. The lowest BCUT2D eigenvalue weighted by molar-refractivity contribution is 0.628. The van der Waals surface area contributed by atoms with Crippen molar-refractivity contribution in [2.45, 2.75) is 0 Å². The first-order valence-corrected chi connectivity index (χ1v) is 9.12. The number of nitrogens with zero attached hydrogens (tertiary/aromatic N) is 2. The molecule has 3 aromatic carbocycles. The molecule has 0 bridgehead atoms. The first kappa shape index (κ1) is 17.4. The van der Waals surface area contributed by atoms with Crippen molar-refractivity contribution in [3.05, 3.63) is 105 Å². The molecule has 0 atom stereocenters. The molecule has 0 fully saturated rings. The fourth-order valence-electron chi connectivity index (χ4n) is 2.85. The van der Waals surface area contributed by atoms with Gasteiger partial charge in [0.15, 0.2) is 0 Å². The third-order valence-electron chi connectivity index (χ3n) is 4.18. The van der Waals surface area contributed by atoms with Crippen LogP contribution in [-0.4, -0.2) is 9.55 Å². The van der Waals surface area contributed by atoms with Crippen LogP contribution in [0.3, 0.4) is 0 Å². The second-order valence-corrected chi connectivity index (χ2v) is 6.90. The summed E-state index contributed by atoms with van der Waals surface area (Å²) in [4.78, 5) is 17.8. The van der Waals surface area contributed by atoms with Gasteiger partial charge in [-0.05, 0) is 60.2 Å². The number of benzene rings is 3. The molecule has 4 aromatic rings. The molecule has 1 aromatic heterocycles. The molecular formula is C22H14BrFN2O. The molecule has 0 aliphatic rings. The van der Waals surface area contributed by atoms with Gasteiger partial charge < -0.3 is 0 Å². The van der Waals surface area contributed by atoms with E-state index in [9.17, 15) is 9.18 Å². The van der Waals surface area contributed by atoms with E-state index in [0.717, 1.165) is 15.7 Å². The van der Waals surface area contributed by atoms with Gasteiger partial charge in [-0.2, -0.15) is 0 Å². The van der Waals surface area contributed by atoms with E-state index in [1.807, 2.05) is 48.5 Å². The van der Waals surface area contributed by atoms with E-state index in [-0.39, 0.29) is 11.4 Å². The lowest BCUT2D eigenvalue weighted by Gasteiger charge is -2.11. The van der Waals surface area contributed by atoms with Crippen LogP contribution in [-0.2, 0) is 0 Å². The summed E-state index contributed by atoms with van der Waals surface area (Å²) in [5, 5.41) is 0.555. The lowest BCUT2D eigenvalue weighted by atomic mass is 10.2. The Morgan fingerprint density at radius 2 is 1.59 bits per heavy atom. The van der Waals surface area contributed by atoms with Crippen molar-refractivity contribution in [3.8, 4) is 5.69 Å². The Hall–Kier alpha value is -3.05. The highest BCUT2D eigenvalue weighted by molar-refractivity contribution is 9.10. The largest absolute Gasteiger partial charge is 0.268 e. The van der Waals surface area contributed by atoms with Gasteiger partial charge in [-0.25, -0.2) is 9.37 Å². The van der Waals surface area contributed by atoms with Gasteiger partial charge in [0.05, 0.1) is 16.6 Å². The Morgan fingerprint density at radius 3 is 2.33 bits per heavy atom. The Bertz CT molecular complexity index is 1200. The fourth-order valence-corrected chi connectivity index (χ4v) is 3.11. The molecule has 0 saturated heterocycles. The number of hydrogen-bond acceptors (Lipinski definition) is 2. The normalized spacial score (nSPS) is 11.3. The molecule has 0 unspecified atom stereocenters. The minimum atomic E-state index is -0.289. The standard InChI is InChI=1S/C22H14BrFN2O/c23-16-8-12-18(13-9-16)26-21(14-7-15-5-10-17(24)11-6-15)25-20-4-2-1-3-19(20)22(26)27/h1-14H/b14-7-. The van der Waals surface area contributed by atoms with Crippen LogP contribution in [0.1, 0.15) is 11.4 Å². The smallest absolute Gasteiger partial charge is 0.266 e. The van der Waals surface area contributed by atoms with Gasteiger partial charge in [-0.15, -0.1) is 0 Å². The zero-order valence-electron chi connectivity index (χ0n) is 14.1. The van der Waals surface area contributed by atoms with Gasteiger partial charge in [-0.1, -0.05) is 46.3 Å². The van der Waals surface area contributed by atoms with Crippen LogP contribution in [0.5, 0.6) is 0 Å². The lowest BCUT2D eigenvalue weighted by Crippen LogP contribution is -2.22. The average molecular weight is 421 g/mol. The van der Waals surface area contributed by atoms with Crippen LogP contribution in [0.15, 0.2) is 82.1 Å². The molecule has 0 saturated carbocycles. The first-order chi connectivity index (χ1) is 13.1. The molecule has 0 aliphatic heterocycles. The van der Waals surface area contributed by atoms with Crippen molar-refractivity contribution >= 4 is 39.0 Å². The van der Waals surface area contributed by atoms with Gasteiger partial charge >= 0.3 is 0 Å². The predicted octanol–water partition coefficient (Wildman–Crippen LogP) is 5.46. The second-order valence-electron chi connectivity index (χ2n) is 5.99. The topological polar surface area (TPSA) is 34.9 Å². The van der Waals surface area contributed by atoms with Crippen LogP contribution >= 0.6 is 15.9 Å². The van der Waals surface area contributed by atoms with Gasteiger partial charge in [0.2, 0.25) is 0 Å². The van der Waals surface area contributed by atoms with E-state index in [0.29, 0.717) is 16.7 Å². The molecule has 0 spiro atoms. The molecule has 0 N–H and O–H groups in total. The van der Waals surface area contributed by atoms with Crippen LogP contribution in [0, 0.1) is 5.82 Å². The summed E-state index contributed by atoms with van der Waals surface area (Å²) in [6, 6.07) is 20.9. The molecule has 27 heavy (non-hydrogen) atoms. The number of rotatable bonds is 3. The van der Waals surface area contributed by atoms with Crippen molar-refractivity contribution in [2.75, 3.05) is 0 Å². The van der Waals surface area contributed by atoms with E-state index in [2.05, 4.69) is 20.9 Å². The molecule has 0 aliphatic carbocycles. The summed E-state index contributed by atoms with van der Waals surface area (Å²) < 4.78 is 15.6. The molecule has 0 radical (unpaired) electrons. The Labute approximate surface area is 163 Å². The van der Waals surface area contributed by atoms with Gasteiger partial charge in [0.25, 0.3) is 5.56 Å². The molecule has 4 rings (SSSR count). The monoisotopic (exact) mass is 420 g/mol. The van der Waals surface area contributed by atoms with Crippen molar-refractivity contribution in [3.63, 3.8) is 0 Å². The minimum Gasteiger partial charge on any atom is -0.268 e. The highest BCUT2D eigenvalue weighted by atomic mass is 79.9. The van der Waals surface area contributed by atoms with Gasteiger partial charge in [-0.3, -0.25) is 9.36 Å². The van der Waals surface area contributed by atoms with Crippen LogP contribution in [0.25, 0.3) is 28.7 Å². The van der Waals surface area contributed by atoms with E-state index in [4.69, 9.17) is 0 Å².